The molecule has 120 valence electrons. The molecule has 1 aliphatic rings. The van der Waals surface area contributed by atoms with Crippen LogP contribution in [0.2, 0.25) is 0 Å². The number of fused-ring (bicyclic) bond motifs is 1. The number of hydrogen-bond acceptors (Lipinski definition) is 3. The molecule has 0 N–H and O–H groups in total. The minimum absolute atomic E-state index is 0.211. The average Bonchev–Trinajstić information content (AvgIpc) is 2.99. The normalized spacial score (nSPS) is 18.6. The molecule has 0 radical (unpaired) electrons. The van der Waals surface area contributed by atoms with E-state index in [9.17, 15) is 8.78 Å². The molecule has 0 bridgehead atoms. The quantitative estimate of drug-likeness (QED) is 0.823. The van der Waals surface area contributed by atoms with Crippen LogP contribution in [0.5, 0.6) is 0 Å². The third kappa shape index (κ3) is 4.08. The van der Waals surface area contributed by atoms with E-state index in [1.807, 2.05) is 6.08 Å². The van der Waals surface area contributed by atoms with E-state index in [0.717, 1.165) is 6.42 Å². The largest absolute Gasteiger partial charge is 0.280 e. The van der Waals surface area contributed by atoms with Crippen LogP contribution in [0.4, 0.5) is 8.78 Å². The number of unbranched alkanes of at least 4 members (excludes halogenated alkanes) is 2. The van der Waals surface area contributed by atoms with E-state index in [2.05, 4.69) is 35.8 Å². The van der Waals surface area contributed by atoms with Crippen molar-refractivity contribution >= 4 is 11.9 Å². The fourth-order valence-corrected chi connectivity index (χ4v) is 2.11. The van der Waals surface area contributed by atoms with Crippen molar-refractivity contribution in [2.45, 2.75) is 52.9 Å². The number of halogens is 2. The molecule has 0 spiro atoms. The summed E-state index contributed by atoms with van der Waals surface area (Å²) in [5, 5.41) is 3.98. The molecule has 0 saturated heterocycles. The SMILES string of the molecule is CC1C/C1=C\c1cc(C(F)F)nc2ncnn12.CCCCC. The standard InChI is InChI=1S/C11H10F2N4.C5H12/c1-6-2-7(6)3-8-4-9(10(12)13)16-11-14-5-15-17(8)11;1-3-5-4-2/h3-6,10H,2H2,1H3;3-5H2,1-2H3/b7-3+;. The summed E-state index contributed by atoms with van der Waals surface area (Å²) in [4.78, 5) is 7.60. The van der Waals surface area contributed by atoms with Crippen molar-refractivity contribution in [2.24, 2.45) is 5.92 Å². The summed E-state index contributed by atoms with van der Waals surface area (Å²) < 4.78 is 26.8. The minimum atomic E-state index is -2.59. The molecule has 3 rings (SSSR count). The first-order chi connectivity index (χ1) is 10.6. The van der Waals surface area contributed by atoms with E-state index >= 15 is 0 Å². The maximum absolute atomic E-state index is 12.7. The van der Waals surface area contributed by atoms with E-state index in [0.29, 0.717) is 11.6 Å². The van der Waals surface area contributed by atoms with Crippen molar-refractivity contribution in [3.63, 3.8) is 0 Å². The minimum Gasteiger partial charge on any atom is -0.210 e. The third-order valence-corrected chi connectivity index (χ3v) is 3.58. The maximum atomic E-state index is 12.7. The lowest BCUT2D eigenvalue weighted by atomic mass is 10.3. The van der Waals surface area contributed by atoms with Gasteiger partial charge in [0.15, 0.2) is 0 Å². The average molecular weight is 308 g/mol. The predicted molar refractivity (Wildman–Crippen MR) is 82.7 cm³/mol. The van der Waals surface area contributed by atoms with Crippen LogP contribution in [-0.2, 0) is 0 Å². The first-order valence-electron chi connectivity index (χ1n) is 7.76. The second kappa shape index (κ2) is 7.42. The molecule has 1 saturated carbocycles. The molecule has 6 heteroatoms. The number of alkyl halides is 2. The number of hydrogen-bond donors (Lipinski definition) is 0. The molecule has 1 unspecified atom stereocenters. The van der Waals surface area contributed by atoms with Crippen molar-refractivity contribution in [3.05, 3.63) is 29.4 Å². The topological polar surface area (TPSA) is 43.1 Å². The number of aromatic nitrogens is 4. The molecule has 2 aromatic heterocycles. The maximum Gasteiger partial charge on any atom is 0.280 e. The first-order valence-corrected chi connectivity index (χ1v) is 7.76. The zero-order valence-electron chi connectivity index (χ0n) is 13.3. The van der Waals surface area contributed by atoms with Gasteiger partial charge in [-0.3, -0.25) is 0 Å². The fraction of sp³-hybridized carbons (Fsp3) is 0.562. The molecule has 1 atom stereocenters. The van der Waals surface area contributed by atoms with Crippen molar-refractivity contribution < 1.29 is 8.78 Å². The lowest BCUT2D eigenvalue weighted by Crippen LogP contribution is -2.01. The summed E-state index contributed by atoms with van der Waals surface area (Å²) in [6.45, 7) is 6.52. The lowest BCUT2D eigenvalue weighted by Gasteiger charge is -2.02. The second-order valence-corrected chi connectivity index (χ2v) is 5.56. The second-order valence-electron chi connectivity index (χ2n) is 5.56. The van der Waals surface area contributed by atoms with Crippen molar-refractivity contribution in [2.75, 3.05) is 0 Å². The van der Waals surface area contributed by atoms with Crippen molar-refractivity contribution in [3.8, 4) is 0 Å². The van der Waals surface area contributed by atoms with Gasteiger partial charge in [-0.25, -0.2) is 13.8 Å². The Morgan fingerprint density at radius 1 is 1.36 bits per heavy atom. The van der Waals surface area contributed by atoms with Gasteiger partial charge < -0.3 is 0 Å². The van der Waals surface area contributed by atoms with Crippen LogP contribution >= 0.6 is 0 Å². The fourth-order valence-electron chi connectivity index (χ4n) is 2.11. The summed E-state index contributed by atoms with van der Waals surface area (Å²) in [6, 6.07) is 1.37. The molecular weight excluding hydrogens is 286 g/mol. The highest BCUT2D eigenvalue weighted by Gasteiger charge is 2.24. The van der Waals surface area contributed by atoms with Crippen LogP contribution < -0.4 is 0 Å². The van der Waals surface area contributed by atoms with Gasteiger partial charge in [0.25, 0.3) is 12.2 Å². The Hall–Kier alpha value is -1.85. The summed E-state index contributed by atoms with van der Waals surface area (Å²) in [5.41, 5.74) is 1.60. The Morgan fingerprint density at radius 3 is 2.55 bits per heavy atom. The van der Waals surface area contributed by atoms with E-state index in [-0.39, 0.29) is 11.5 Å². The number of allylic oxidation sites excluding steroid dienone is 1. The molecule has 0 aliphatic heterocycles. The van der Waals surface area contributed by atoms with E-state index in [4.69, 9.17) is 0 Å². The molecular formula is C16H22F2N4. The molecule has 22 heavy (non-hydrogen) atoms. The van der Waals surface area contributed by atoms with Gasteiger partial charge in [-0.2, -0.15) is 14.6 Å². The summed E-state index contributed by atoms with van der Waals surface area (Å²) in [7, 11) is 0. The van der Waals surface area contributed by atoms with Crippen LogP contribution in [-0.4, -0.2) is 19.6 Å². The first kappa shape index (κ1) is 16.5. The molecule has 1 aliphatic carbocycles. The molecule has 1 fully saturated rings. The lowest BCUT2D eigenvalue weighted by molar-refractivity contribution is 0.146. The smallest absolute Gasteiger partial charge is 0.210 e. The van der Waals surface area contributed by atoms with Crippen LogP contribution in [0.15, 0.2) is 18.0 Å². The van der Waals surface area contributed by atoms with Gasteiger partial charge >= 0.3 is 0 Å². The van der Waals surface area contributed by atoms with E-state index in [1.54, 1.807) is 0 Å². The van der Waals surface area contributed by atoms with Crippen LogP contribution in [0.3, 0.4) is 0 Å². The summed E-state index contributed by atoms with van der Waals surface area (Å²) in [6.07, 6.45) is 5.70. The molecule has 0 amide bonds. The Balaban J connectivity index is 0.000000309. The highest BCUT2D eigenvalue weighted by molar-refractivity contribution is 5.57. The van der Waals surface area contributed by atoms with E-state index in [1.165, 1.54) is 41.7 Å². The summed E-state index contributed by atoms with van der Waals surface area (Å²) in [5.74, 6) is 0.750. The van der Waals surface area contributed by atoms with Crippen molar-refractivity contribution in [1.82, 2.24) is 19.6 Å². The van der Waals surface area contributed by atoms with Gasteiger partial charge in [0.05, 0.1) is 5.69 Å². The highest BCUT2D eigenvalue weighted by atomic mass is 19.3. The van der Waals surface area contributed by atoms with Gasteiger partial charge in [0.1, 0.15) is 12.0 Å². The monoisotopic (exact) mass is 308 g/mol. The Labute approximate surface area is 129 Å². The zero-order valence-corrected chi connectivity index (χ0v) is 13.3. The number of rotatable bonds is 4. The van der Waals surface area contributed by atoms with Gasteiger partial charge in [-0.05, 0) is 24.5 Å². The molecule has 0 aromatic carbocycles. The third-order valence-electron chi connectivity index (χ3n) is 3.58. The Morgan fingerprint density at radius 2 is 2.05 bits per heavy atom. The van der Waals surface area contributed by atoms with Gasteiger partial charge in [0.2, 0.25) is 0 Å². The Kier molecular flexibility index (Phi) is 5.57. The van der Waals surface area contributed by atoms with Crippen LogP contribution in [0.1, 0.15) is 64.3 Å². The zero-order chi connectivity index (χ0) is 16.1. The summed E-state index contributed by atoms with van der Waals surface area (Å²) >= 11 is 0. The van der Waals surface area contributed by atoms with Gasteiger partial charge in [-0.15, -0.1) is 0 Å². The van der Waals surface area contributed by atoms with Gasteiger partial charge in [0, 0.05) is 0 Å². The Bertz CT molecular complexity index is 647. The van der Waals surface area contributed by atoms with E-state index < -0.39 is 6.43 Å². The molecule has 2 heterocycles. The van der Waals surface area contributed by atoms with Crippen molar-refractivity contribution in [1.29, 1.82) is 0 Å². The predicted octanol–water partition coefficient (Wildman–Crippen LogP) is 4.68. The molecule has 4 nitrogen and oxygen atoms in total. The van der Waals surface area contributed by atoms with Crippen LogP contribution in [0.25, 0.3) is 11.9 Å². The van der Waals surface area contributed by atoms with Gasteiger partial charge in [-0.1, -0.05) is 45.6 Å². The highest BCUT2D eigenvalue weighted by Crippen LogP contribution is 2.38. The van der Waals surface area contributed by atoms with Crippen LogP contribution in [0, 0.1) is 5.92 Å². The number of nitrogens with zero attached hydrogens (tertiary/aromatic N) is 4. The molecule has 2 aromatic rings.